The average Bonchev–Trinajstić information content (AvgIpc) is 3.30. The van der Waals surface area contributed by atoms with Crippen molar-refractivity contribution in [3.63, 3.8) is 0 Å². The summed E-state index contributed by atoms with van der Waals surface area (Å²) in [6.07, 6.45) is 3.59. The molecule has 1 aliphatic rings. The van der Waals surface area contributed by atoms with Crippen molar-refractivity contribution in [1.82, 2.24) is 30.0 Å². The first kappa shape index (κ1) is 17.6. The fourth-order valence-electron chi connectivity index (χ4n) is 3.33. The minimum Gasteiger partial charge on any atom is -0.459 e. The van der Waals surface area contributed by atoms with Crippen molar-refractivity contribution in [3.8, 4) is 0 Å². The van der Waals surface area contributed by atoms with Gasteiger partial charge in [-0.3, -0.25) is 9.69 Å². The lowest BCUT2D eigenvalue weighted by molar-refractivity contribution is 0.0513. The van der Waals surface area contributed by atoms with Gasteiger partial charge in [0, 0.05) is 26.2 Å². The molecule has 3 rings (SSSR count). The molecule has 0 unspecified atom stereocenters. The lowest BCUT2D eigenvalue weighted by Gasteiger charge is -2.38. The zero-order chi connectivity index (χ0) is 17.8. The number of rotatable bonds is 6. The molecule has 0 spiro atoms. The van der Waals surface area contributed by atoms with Gasteiger partial charge in [0.25, 0.3) is 5.91 Å². The molecule has 2 aromatic heterocycles. The van der Waals surface area contributed by atoms with Gasteiger partial charge < -0.3 is 9.32 Å². The minimum absolute atomic E-state index is 0.0382. The molecule has 1 atom stereocenters. The Kier molecular flexibility index (Phi) is 5.47. The number of aromatic nitrogens is 4. The van der Waals surface area contributed by atoms with Crippen molar-refractivity contribution < 1.29 is 9.21 Å². The third-order valence-corrected chi connectivity index (χ3v) is 4.64. The Balaban J connectivity index is 1.68. The monoisotopic (exact) mass is 346 g/mol. The summed E-state index contributed by atoms with van der Waals surface area (Å²) in [6, 6.07) is 3.87. The van der Waals surface area contributed by atoms with Crippen LogP contribution in [0.3, 0.4) is 0 Å². The minimum atomic E-state index is -0.0382. The number of furan rings is 1. The van der Waals surface area contributed by atoms with Gasteiger partial charge in [0.15, 0.2) is 11.6 Å². The van der Waals surface area contributed by atoms with Crippen LogP contribution in [0.2, 0.25) is 0 Å². The second kappa shape index (κ2) is 7.77. The summed E-state index contributed by atoms with van der Waals surface area (Å²) in [5, 5.41) is 12.3. The first-order valence-corrected chi connectivity index (χ1v) is 8.96. The second-order valence-electron chi connectivity index (χ2n) is 6.69. The number of carbonyl (C=O) groups excluding carboxylic acids is 1. The maximum atomic E-state index is 12.4. The molecule has 0 bridgehead atoms. The molecular weight excluding hydrogens is 320 g/mol. The van der Waals surface area contributed by atoms with E-state index in [1.165, 1.54) is 6.26 Å². The zero-order valence-corrected chi connectivity index (χ0v) is 15.1. The third-order valence-electron chi connectivity index (χ3n) is 4.64. The number of hydrogen-bond acceptors (Lipinski definition) is 6. The number of amides is 1. The van der Waals surface area contributed by atoms with Crippen molar-refractivity contribution in [1.29, 1.82) is 0 Å². The number of hydrogen-bond donors (Lipinski definition) is 0. The molecule has 136 valence electrons. The molecule has 0 saturated carbocycles. The fourth-order valence-corrected chi connectivity index (χ4v) is 3.33. The van der Waals surface area contributed by atoms with E-state index in [0.29, 0.717) is 18.8 Å². The normalized spacial score (nSPS) is 17.2. The molecule has 8 heteroatoms. The zero-order valence-electron chi connectivity index (χ0n) is 15.1. The topological polar surface area (TPSA) is 80.3 Å². The van der Waals surface area contributed by atoms with Gasteiger partial charge in [-0.15, -0.1) is 5.10 Å². The maximum absolute atomic E-state index is 12.4. The van der Waals surface area contributed by atoms with Gasteiger partial charge >= 0.3 is 0 Å². The quantitative estimate of drug-likeness (QED) is 0.797. The summed E-state index contributed by atoms with van der Waals surface area (Å²) in [4.78, 5) is 16.7. The predicted octanol–water partition coefficient (Wildman–Crippen LogP) is 2.15. The summed E-state index contributed by atoms with van der Waals surface area (Å²) in [5.74, 6) is 1.29. The maximum Gasteiger partial charge on any atom is 0.289 e. The molecule has 1 saturated heterocycles. The van der Waals surface area contributed by atoms with Crippen molar-refractivity contribution in [2.24, 2.45) is 0 Å². The van der Waals surface area contributed by atoms with Crippen LogP contribution in [0.1, 0.15) is 62.1 Å². The largest absolute Gasteiger partial charge is 0.459 e. The molecule has 1 amide bonds. The van der Waals surface area contributed by atoms with E-state index in [2.05, 4.69) is 41.2 Å². The Bertz CT molecular complexity index is 673. The van der Waals surface area contributed by atoms with Gasteiger partial charge in [-0.1, -0.05) is 13.3 Å². The van der Waals surface area contributed by atoms with E-state index < -0.39 is 0 Å². The van der Waals surface area contributed by atoms with Gasteiger partial charge in [-0.25, -0.2) is 4.68 Å². The molecule has 0 aromatic carbocycles. The van der Waals surface area contributed by atoms with Crippen LogP contribution in [-0.2, 0) is 0 Å². The lowest BCUT2D eigenvalue weighted by atomic mass is 10.1. The Morgan fingerprint density at radius 3 is 2.64 bits per heavy atom. The fraction of sp³-hybridized carbons (Fsp3) is 0.647. The molecule has 0 aliphatic carbocycles. The Morgan fingerprint density at radius 2 is 2.04 bits per heavy atom. The molecule has 2 aromatic rings. The average molecular weight is 346 g/mol. The third kappa shape index (κ3) is 3.73. The van der Waals surface area contributed by atoms with Crippen LogP contribution in [0.25, 0.3) is 0 Å². The molecule has 8 nitrogen and oxygen atoms in total. The van der Waals surface area contributed by atoms with E-state index in [1.54, 1.807) is 12.1 Å². The van der Waals surface area contributed by atoms with Gasteiger partial charge in [0.05, 0.1) is 18.3 Å². The first-order valence-electron chi connectivity index (χ1n) is 8.96. The van der Waals surface area contributed by atoms with Gasteiger partial charge in [-0.05, 0) is 42.8 Å². The van der Waals surface area contributed by atoms with Crippen molar-refractivity contribution in [2.75, 3.05) is 26.2 Å². The van der Waals surface area contributed by atoms with Crippen LogP contribution in [0, 0.1) is 0 Å². The molecule has 1 aliphatic heterocycles. The second-order valence-corrected chi connectivity index (χ2v) is 6.69. The highest BCUT2D eigenvalue weighted by molar-refractivity contribution is 5.91. The van der Waals surface area contributed by atoms with E-state index in [9.17, 15) is 4.79 Å². The van der Waals surface area contributed by atoms with E-state index in [4.69, 9.17) is 4.42 Å². The number of piperazine rings is 1. The predicted molar refractivity (Wildman–Crippen MR) is 92.0 cm³/mol. The van der Waals surface area contributed by atoms with E-state index in [1.807, 2.05) is 9.58 Å². The lowest BCUT2D eigenvalue weighted by Crippen LogP contribution is -2.50. The van der Waals surface area contributed by atoms with Crippen LogP contribution >= 0.6 is 0 Å². The highest BCUT2D eigenvalue weighted by Crippen LogP contribution is 2.26. The van der Waals surface area contributed by atoms with Crippen LogP contribution < -0.4 is 0 Å². The van der Waals surface area contributed by atoms with Gasteiger partial charge in [0.2, 0.25) is 0 Å². The van der Waals surface area contributed by atoms with Crippen LogP contribution in [0.5, 0.6) is 0 Å². The standard InChI is InChI=1S/C17H26N6O2/c1-4-6-14(16-18-19-20-23(16)13(2)3)21-8-10-22(11-9-21)17(24)15-7-5-12-25-15/h5,7,12-14H,4,6,8-11H2,1-3H3/t14-/m1/s1. The highest BCUT2D eigenvalue weighted by atomic mass is 16.3. The van der Waals surface area contributed by atoms with Crippen LogP contribution in [-0.4, -0.2) is 62.1 Å². The first-order chi connectivity index (χ1) is 12.1. The van der Waals surface area contributed by atoms with E-state index in [-0.39, 0.29) is 18.0 Å². The Morgan fingerprint density at radius 1 is 1.28 bits per heavy atom. The summed E-state index contributed by atoms with van der Waals surface area (Å²) < 4.78 is 7.13. The molecular formula is C17H26N6O2. The molecule has 25 heavy (non-hydrogen) atoms. The molecule has 0 N–H and O–H groups in total. The van der Waals surface area contributed by atoms with Crippen LogP contribution in [0.4, 0.5) is 0 Å². The van der Waals surface area contributed by atoms with Crippen molar-refractivity contribution in [3.05, 3.63) is 30.0 Å². The smallest absolute Gasteiger partial charge is 0.289 e. The van der Waals surface area contributed by atoms with E-state index in [0.717, 1.165) is 31.8 Å². The summed E-state index contributed by atoms with van der Waals surface area (Å²) in [6.45, 7) is 9.33. The van der Waals surface area contributed by atoms with Gasteiger partial charge in [0.1, 0.15) is 0 Å². The number of tetrazole rings is 1. The Labute approximate surface area is 147 Å². The summed E-state index contributed by atoms with van der Waals surface area (Å²) >= 11 is 0. The van der Waals surface area contributed by atoms with Crippen molar-refractivity contribution >= 4 is 5.91 Å². The highest BCUT2D eigenvalue weighted by Gasteiger charge is 2.31. The van der Waals surface area contributed by atoms with Crippen LogP contribution in [0.15, 0.2) is 22.8 Å². The number of nitrogens with zero attached hydrogens (tertiary/aromatic N) is 6. The molecule has 3 heterocycles. The summed E-state index contributed by atoms with van der Waals surface area (Å²) in [5.41, 5.74) is 0. The number of carbonyl (C=O) groups is 1. The summed E-state index contributed by atoms with van der Waals surface area (Å²) in [7, 11) is 0. The SMILES string of the molecule is CCC[C@H](c1nnnn1C(C)C)N1CCN(C(=O)c2ccco2)CC1. The molecule has 0 radical (unpaired) electrons. The molecule has 1 fully saturated rings. The van der Waals surface area contributed by atoms with E-state index >= 15 is 0 Å². The van der Waals surface area contributed by atoms with Crippen molar-refractivity contribution in [2.45, 2.75) is 45.7 Å². The Hall–Kier alpha value is -2.22. The van der Waals surface area contributed by atoms with Gasteiger partial charge in [-0.2, -0.15) is 0 Å².